The summed E-state index contributed by atoms with van der Waals surface area (Å²) in [5.41, 5.74) is 0.245. The number of carbonyl (C=O) groups is 2. The Hall–Kier alpha value is -1.89. The molecule has 0 aromatic heterocycles. The summed E-state index contributed by atoms with van der Waals surface area (Å²) in [6.07, 6.45) is 4.22. The van der Waals surface area contributed by atoms with Crippen molar-refractivity contribution in [2.45, 2.75) is 91.1 Å². The topological polar surface area (TPSA) is 114 Å². The molecule has 0 heterocycles. The lowest BCUT2D eigenvalue weighted by atomic mass is 9.91. The summed E-state index contributed by atoms with van der Waals surface area (Å²) in [4.78, 5) is 25.0. The molecular formula is C27H45N2O6P. The predicted octanol–water partition coefficient (Wildman–Crippen LogP) is 5.09. The standard InChI is InChI=1S/C27H45N2O6P/c1-20(2)24(29-26(32)35-27(3,4)5)25(31)28-16-23(30)19-36(33,18-22-14-10-7-11-15-22)34-17-21-12-8-6-9-13-21/h6,8-9,12-13,20,22-24,30H,7,10-11,14-19H2,1-5H3,(H,28,31)(H,29,32)/t23-,24-,36?/m0/s1. The molecule has 0 saturated heterocycles. The molecule has 1 aromatic carbocycles. The van der Waals surface area contributed by atoms with E-state index in [1.54, 1.807) is 20.8 Å². The second kappa shape index (κ2) is 14.2. The van der Waals surface area contributed by atoms with Gasteiger partial charge in [-0.15, -0.1) is 0 Å². The highest BCUT2D eigenvalue weighted by atomic mass is 31.2. The molecule has 0 radical (unpaired) electrons. The van der Waals surface area contributed by atoms with Gasteiger partial charge in [0.15, 0.2) is 0 Å². The number of amides is 2. The third-order valence-electron chi connectivity index (χ3n) is 6.19. The second-order valence-corrected chi connectivity index (χ2v) is 13.8. The lowest BCUT2D eigenvalue weighted by Gasteiger charge is -2.29. The first-order chi connectivity index (χ1) is 16.9. The number of nitrogens with one attached hydrogen (secondary N) is 2. The highest BCUT2D eigenvalue weighted by molar-refractivity contribution is 7.59. The van der Waals surface area contributed by atoms with Gasteiger partial charge in [-0.25, -0.2) is 4.79 Å². The average molecular weight is 525 g/mol. The van der Waals surface area contributed by atoms with Crippen molar-refractivity contribution in [2.75, 3.05) is 18.9 Å². The van der Waals surface area contributed by atoms with Crippen LogP contribution in [0.15, 0.2) is 30.3 Å². The molecule has 9 heteroatoms. The van der Waals surface area contributed by atoms with Crippen molar-refractivity contribution < 1.29 is 28.5 Å². The van der Waals surface area contributed by atoms with Gasteiger partial charge in [0, 0.05) is 12.7 Å². The largest absolute Gasteiger partial charge is 0.444 e. The van der Waals surface area contributed by atoms with E-state index < -0.39 is 37.1 Å². The van der Waals surface area contributed by atoms with E-state index in [1.165, 1.54) is 6.42 Å². The van der Waals surface area contributed by atoms with Gasteiger partial charge in [0.2, 0.25) is 13.3 Å². The third kappa shape index (κ3) is 11.4. The number of benzene rings is 1. The van der Waals surface area contributed by atoms with Gasteiger partial charge in [-0.3, -0.25) is 9.36 Å². The molecule has 204 valence electrons. The summed E-state index contributed by atoms with van der Waals surface area (Å²) in [5, 5.41) is 16.0. The van der Waals surface area contributed by atoms with E-state index in [9.17, 15) is 19.3 Å². The Morgan fingerprint density at radius 2 is 1.75 bits per heavy atom. The zero-order valence-corrected chi connectivity index (χ0v) is 23.4. The number of carbonyl (C=O) groups excluding carboxylic acids is 2. The molecule has 1 aliphatic carbocycles. The minimum absolute atomic E-state index is 0.0253. The van der Waals surface area contributed by atoms with Gasteiger partial charge in [-0.2, -0.15) is 0 Å². The number of hydrogen-bond acceptors (Lipinski definition) is 6. The van der Waals surface area contributed by atoms with Crippen LogP contribution < -0.4 is 10.6 Å². The lowest BCUT2D eigenvalue weighted by Crippen LogP contribution is -2.52. The molecule has 0 spiro atoms. The van der Waals surface area contributed by atoms with Gasteiger partial charge in [0.1, 0.15) is 11.6 Å². The molecule has 8 nitrogen and oxygen atoms in total. The first-order valence-electron chi connectivity index (χ1n) is 13.1. The monoisotopic (exact) mass is 524 g/mol. The van der Waals surface area contributed by atoms with Crippen molar-refractivity contribution in [3.63, 3.8) is 0 Å². The van der Waals surface area contributed by atoms with Gasteiger partial charge < -0.3 is 25.0 Å². The molecule has 1 unspecified atom stereocenters. The van der Waals surface area contributed by atoms with Crippen LogP contribution in [0.5, 0.6) is 0 Å². The lowest BCUT2D eigenvalue weighted by molar-refractivity contribution is -0.124. The second-order valence-electron chi connectivity index (χ2n) is 11.2. The molecule has 0 aliphatic heterocycles. The maximum atomic E-state index is 13.9. The Kier molecular flexibility index (Phi) is 11.9. The first kappa shape index (κ1) is 30.3. The van der Waals surface area contributed by atoms with Crippen molar-refractivity contribution in [2.24, 2.45) is 11.8 Å². The maximum absolute atomic E-state index is 13.9. The number of alkyl carbamates (subject to hydrolysis) is 1. The number of aliphatic hydroxyl groups is 1. The molecule has 36 heavy (non-hydrogen) atoms. The summed E-state index contributed by atoms with van der Waals surface area (Å²) >= 11 is 0. The van der Waals surface area contributed by atoms with E-state index in [0.29, 0.717) is 12.1 Å². The fourth-order valence-corrected chi connectivity index (χ4v) is 7.06. The summed E-state index contributed by atoms with van der Waals surface area (Å²) in [7, 11) is -3.15. The van der Waals surface area contributed by atoms with Crippen LogP contribution in [0.3, 0.4) is 0 Å². The summed E-state index contributed by atoms with van der Waals surface area (Å²) in [5.74, 6) is -0.297. The van der Waals surface area contributed by atoms with E-state index in [-0.39, 0.29) is 25.2 Å². The van der Waals surface area contributed by atoms with Crippen LogP contribution in [-0.2, 0) is 25.2 Å². The van der Waals surface area contributed by atoms with Crippen LogP contribution in [0.25, 0.3) is 0 Å². The Labute approximate surface area is 216 Å². The average Bonchev–Trinajstić information content (AvgIpc) is 2.80. The molecule has 1 saturated carbocycles. The van der Waals surface area contributed by atoms with Crippen LogP contribution in [0.2, 0.25) is 0 Å². The molecule has 3 atom stereocenters. The first-order valence-corrected chi connectivity index (χ1v) is 15.1. The highest BCUT2D eigenvalue weighted by Gasteiger charge is 2.32. The summed E-state index contributed by atoms with van der Waals surface area (Å²) in [6.45, 7) is 9.01. The third-order valence-corrected chi connectivity index (χ3v) is 8.84. The highest BCUT2D eigenvalue weighted by Crippen LogP contribution is 2.51. The molecule has 2 rings (SSSR count). The maximum Gasteiger partial charge on any atom is 0.408 e. The molecule has 0 bridgehead atoms. The number of ether oxygens (including phenoxy) is 1. The molecule has 1 fully saturated rings. The SMILES string of the molecule is CC(C)[C@H](NC(=O)OC(C)(C)C)C(=O)NC[C@H](O)CP(=O)(CC1CCCCC1)OCc1ccccc1. The van der Waals surface area contributed by atoms with E-state index in [1.807, 2.05) is 44.2 Å². The smallest absolute Gasteiger partial charge is 0.408 e. The van der Waals surface area contributed by atoms with Crippen molar-refractivity contribution in [1.29, 1.82) is 0 Å². The number of hydrogen-bond donors (Lipinski definition) is 3. The van der Waals surface area contributed by atoms with Crippen LogP contribution in [-0.4, -0.2) is 53.7 Å². The Bertz CT molecular complexity index is 865. The van der Waals surface area contributed by atoms with Crippen molar-refractivity contribution in [3.05, 3.63) is 35.9 Å². The fraction of sp³-hybridized carbons (Fsp3) is 0.704. The van der Waals surface area contributed by atoms with Crippen LogP contribution >= 0.6 is 7.37 Å². The van der Waals surface area contributed by atoms with Crippen LogP contribution in [0, 0.1) is 11.8 Å². The van der Waals surface area contributed by atoms with Crippen molar-refractivity contribution >= 4 is 19.4 Å². The minimum atomic E-state index is -3.15. The Morgan fingerprint density at radius 1 is 1.11 bits per heavy atom. The summed E-state index contributed by atoms with van der Waals surface area (Å²) < 4.78 is 25.1. The molecular weight excluding hydrogens is 479 g/mol. The van der Waals surface area contributed by atoms with Crippen LogP contribution in [0.4, 0.5) is 4.79 Å². The number of rotatable bonds is 12. The molecule has 1 aliphatic rings. The van der Waals surface area contributed by atoms with E-state index in [2.05, 4.69) is 10.6 Å². The predicted molar refractivity (Wildman–Crippen MR) is 142 cm³/mol. The van der Waals surface area contributed by atoms with Gasteiger partial charge in [0.25, 0.3) is 0 Å². The fourth-order valence-electron chi connectivity index (χ4n) is 4.39. The normalized spacial score (nSPS) is 18.2. The van der Waals surface area contributed by atoms with Gasteiger partial charge in [-0.1, -0.05) is 63.4 Å². The molecule has 2 amide bonds. The van der Waals surface area contributed by atoms with Gasteiger partial charge in [0.05, 0.1) is 18.9 Å². The van der Waals surface area contributed by atoms with E-state index in [0.717, 1.165) is 31.2 Å². The zero-order chi connectivity index (χ0) is 26.8. The zero-order valence-electron chi connectivity index (χ0n) is 22.5. The quantitative estimate of drug-likeness (QED) is 0.328. The van der Waals surface area contributed by atoms with Gasteiger partial charge >= 0.3 is 6.09 Å². The Balaban J connectivity index is 1.97. The summed E-state index contributed by atoms with van der Waals surface area (Å²) in [6, 6.07) is 8.75. The van der Waals surface area contributed by atoms with E-state index >= 15 is 0 Å². The van der Waals surface area contributed by atoms with E-state index in [4.69, 9.17) is 9.26 Å². The van der Waals surface area contributed by atoms with Crippen molar-refractivity contribution in [1.82, 2.24) is 10.6 Å². The molecule has 1 aromatic rings. The minimum Gasteiger partial charge on any atom is -0.444 e. The van der Waals surface area contributed by atoms with Crippen LogP contribution in [0.1, 0.15) is 72.3 Å². The van der Waals surface area contributed by atoms with Crippen molar-refractivity contribution in [3.8, 4) is 0 Å². The Morgan fingerprint density at radius 3 is 2.33 bits per heavy atom. The van der Waals surface area contributed by atoms with Gasteiger partial charge in [-0.05, 0) is 51.0 Å². The number of aliphatic hydroxyl groups excluding tert-OH is 1. The molecule has 3 N–H and O–H groups in total.